The number of methoxy groups -OCH3 is 1. The number of benzene rings is 1. The van der Waals surface area contributed by atoms with Crippen LogP contribution in [0.4, 0.5) is 0 Å². The Labute approximate surface area is 119 Å². The largest absolute Gasteiger partial charge is 0.389 e. The fourth-order valence-electron chi connectivity index (χ4n) is 1.48. The molecule has 19 heavy (non-hydrogen) atoms. The summed E-state index contributed by atoms with van der Waals surface area (Å²) in [7, 11) is -1.92. The van der Waals surface area contributed by atoms with Crippen LogP contribution in [0, 0.1) is 5.92 Å². The van der Waals surface area contributed by atoms with Gasteiger partial charge in [0.05, 0.1) is 4.90 Å². The van der Waals surface area contributed by atoms with Crippen molar-refractivity contribution >= 4 is 27.2 Å². The summed E-state index contributed by atoms with van der Waals surface area (Å²) >= 11 is 4.81. The lowest BCUT2D eigenvalue weighted by Gasteiger charge is -2.12. The number of sulfonamides is 1. The van der Waals surface area contributed by atoms with Crippen LogP contribution in [0.25, 0.3) is 0 Å². The summed E-state index contributed by atoms with van der Waals surface area (Å²) in [5.74, 6) is 0.107. The van der Waals surface area contributed by atoms with Crippen molar-refractivity contribution in [3.8, 4) is 0 Å². The summed E-state index contributed by atoms with van der Waals surface area (Å²) in [5, 5.41) is 0. The zero-order valence-electron chi connectivity index (χ0n) is 10.9. The first-order chi connectivity index (χ1) is 8.86. The van der Waals surface area contributed by atoms with E-state index in [1.165, 1.54) is 12.1 Å². The Morgan fingerprint density at radius 1 is 1.42 bits per heavy atom. The Kier molecular flexibility index (Phi) is 5.86. The minimum atomic E-state index is -3.51. The number of rotatable bonds is 7. The second kappa shape index (κ2) is 6.95. The lowest BCUT2D eigenvalue weighted by atomic mass is 10.2. The fraction of sp³-hybridized carbons (Fsp3) is 0.417. The van der Waals surface area contributed by atoms with Crippen LogP contribution in [0.2, 0.25) is 0 Å². The molecule has 0 aromatic heterocycles. The molecule has 1 unspecified atom stereocenters. The molecular formula is C12H18N2O3S2. The first kappa shape index (κ1) is 16.0. The van der Waals surface area contributed by atoms with Crippen LogP contribution in [0.5, 0.6) is 0 Å². The van der Waals surface area contributed by atoms with Gasteiger partial charge in [0.2, 0.25) is 10.0 Å². The van der Waals surface area contributed by atoms with Gasteiger partial charge < -0.3 is 10.5 Å². The number of nitrogens with one attached hydrogen (secondary N) is 1. The summed E-state index contributed by atoms with van der Waals surface area (Å²) in [6, 6.07) is 6.15. The predicted octanol–water partition coefficient (Wildman–Crippen LogP) is 0.882. The molecule has 7 heteroatoms. The molecule has 0 aliphatic heterocycles. The first-order valence-electron chi connectivity index (χ1n) is 5.75. The van der Waals surface area contributed by atoms with E-state index in [1.54, 1.807) is 19.2 Å². The molecule has 3 N–H and O–H groups in total. The molecule has 1 atom stereocenters. The molecule has 5 nitrogen and oxygen atoms in total. The van der Waals surface area contributed by atoms with E-state index in [-0.39, 0.29) is 15.8 Å². The molecule has 0 bridgehead atoms. The minimum absolute atomic E-state index is 0.107. The second-order valence-electron chi connectivity index (χ2n) is 4.30. The lowest BCUT2D eigenvalue weighted by molar-refractivity contribution is 0.161. The van der Waals surface area contributed by atoms with Crippen LogP contribution in [-0.2, 0) is 14.8 Å². The number of hydrogen-bond donors (Lipinski definition) is 2. The van der Waals surface area contributed by atoms with Crippen LogP contribution in [0.3, 0.4) is 0 Å². The average Bonchev–Trinajstić information content (AvgIpc) is 2.37. The molecule has 106 valence electrons. The highest BCUT2D eigenvalue weighted by molar-refractivity contribution is 7.89. The van der Waals surface area contributed by atoms with E-state index in [0.717, 1.165) is 0 Å². The van der Waals surface area contributed by atoms with E-state index in [9.17, 15) is 8.42 Å². The summed E-state index contributed by atoms with van der Waals surface area (Å²) in [4.78, 5) is 0.433. The van der Waals surface area contributed by atoms with Crippen LogP contribution >= 0.6 is 12.2 Å². The minimum Gasteiger partial charge on any atom is -0.389 e. The Morgan fingerprint density at radius 3 is 2.47 bits per heavy atom. The highest BCUT2D eigenvalue weighted by atomic mass is 32.2. The molecule has 0 aliphatic rings. The third-order valence-electron chi connectivity index (χ3n) is 2.52. The maximum Gasteiger partial charge on any atom is 0.240 e. The maximum absolute atomic E-state index is 12.0. The van der Waals surface area contributed by atoms with Crippen molar-refractivity contribution in [2.24, 2.45) is 11.7 Å². The standard InChI is InChI=1S/C12H18N2O3S2/c1-9(8-17-2)7-14-19(15,16)11-5-3-10(4-6-11)12(13)18/h3-6,9,14H,7-8H2,1-2H3,(H2,13,18). The van der Waals surface area contributed by atoms with Crippen molar-refractivity contribution in [3.63, 3.8) is 0 Å². The van der Waals surface area contributed by atoms with Crippen molar-refractivity contribution in [1.29, 1.82) is 0 Å². The Bertz CT molecular complexity index is 526. The number of ether oxygens (including phenoxy) is 1. The fourth-order valence-corrected chi connectivity index (χ4v) is 2.78. The van der Waals surface area contributed by atoms with E-state index in [0.29, 0.717) is 18.7 Å². The van der Waals surface area contributed by atoms with Gasteiger partial charge in [0.25, 0.3) is 0 Å². The molecule has 1 rings (SSSR count). The van der Waals surface area contributed by atoms with Crippen molar-refractivity contribution < 1.29 is 13.2 Å². The highest BCUT2D eigenvalue weighted by Crippen LogP contribution is 2.11. The zero-order valence-corrected chi connectivity index (χ0v) is 12.6. The highest BCUT2D eigenvalue weighted by Gasteiger charge is 2.15. The summed E-state index contributed by atoms with van der Waals surface area (Å²) in [6.07, 6.45) is 0. The Hall–Kier alpha value is -1.02. The van der Waals surface area contributed by atoms with Gasteiger partial charge in [-0.15, -0.1) is 0 Å². The van der Waals surface area contributed by atoms with Gasteiger partial charge in [-0.1, -0.05) is 31.3 Å². The van der Waals surface area contributed by atoms with Gasteiger partial charge in [-0.2, -0.15) is 0 Å². The van der Waals surface area contributed by atoms with Gasteiger partial charge in [0.15, 0.2) is 0 Å². The van der Waals surface area contributed by atoms with Crippen molar-refractivity contribution in [3.05, 3.63) is 29.8 Å². The molecule has 0 spiro atoms. The molecule has 0 aliphatic carbocycles. The van der Waals surface area contributed by atoms with Crippen molar-refractivity contribution in [2.75, 3.05) is 20.3 Å². The average molecular weight is 302 g/mol. The van der Waals surface area contributed by atoms with E-state index in [1.807, 2.05) is 6.92 Å². The summed E-state index contributed by atoms with van der Waals surface area (Å²) < 4.78 is 31.5. The topological polar surface area (TPSA) is 81.4 Å². The van der Waals surface area contributed by atoms with Gasteiger partial charge in [-0.05, 0) is 18.1 Å². The van der Waals surface area contributed by atoms with Gasteiger partial charge >= 0.3 is 0 Å². The predicted molar refractivity (Wildman–Crippen MR) is 78.6 cm³/mol. The van der Waals surface area contributed by atoms with Crippen LogP contribution in [0.15, 0.2) is 29.2 Å². The van der Waals surface area contributed by atoms with E-state index in [2.05, 4.69) is 4.72 Å². The molecule has 0 saturated heterocycles. The molecule has 1 aromatic rings. The zero-order chi connectivity index (χ0) is 14.5. The second-order valence-corrected chi connectivity index (χ2v) is 6.51. The van der Waals surface area contributed by atoms with Crippen LogP contribution < -0.4 is 10.5 Å². The van der Waals surface area contributed by atoms with E-state index >= 15 is 0 Å². The van der Waals surface area contributed by atoms with Gasteiger partial charge in [-0.25, -0.2) is 13.1 Å². The number of hydrogen-bond acceptors (Lipinski definition) is 4. The summed E-state index contributed by atoms with van der Waals surface area (Å²) in [6.45, 7) is 2.73. The Balaban J connectivity index is 2.74. The molecule has 0 heterocycles. The van der Waals surface area contributed by atoms with Gasteiger partial charge in [0.1, 0.15) is 4.99 Å². The molecule has 0 radical (unpaired) electrons. The van der Waals surface area contributed by atoms with Gasteiger partial charge in [0, 0.05) is 25.8 Å². The first-order valence-corrected chi connectivity index (χ1v) is 7.64. The smallest absolute Gasteiger partial charge is 0.240 e. The SMILES string of the molecule is COCC(C)CNS(=O)(=O)c1ccc(C(N)=S)cc1. The monoisotopic (exact) mass is 302 g/mol. The van der Waals surface area contributed by atoms with Gasteiger partial charge in [-0.3, -0.25) is 0 Å². The normalized spacial score (nSPS) is 13.2. The number of thiocarbonyl (C=S) groups is 1. The summed E-state index contributed by atoms with van der Waals surface area (Å²) in [5.41, 5.74) is 6.10. The third-order valence-corrected chi connectivity index (χ3v) is 4.20. The quantitative estimate of drug-likeness (QED) is 0.731. The number of nitrogens with two attached hydrogens (primary N) is 1. The molecule has 0 fully saturated rings. The molecule has 0 amide bonds. The molecular weight excluding hydrogens is 284 g/mol. The van der Waals surface area contributed by atoms with Crippen molar-refractivity contribution in [2.45, 2.75) is 11.8 Å². The molecule has 0 saturated carbocycles. The van der Waals surface area contributed by atoms with Crippen LogP contribution in [0.1, 0.15) is 12.5 Å². The molecule has 1 aromatic carbocycles. The third kappa shape index (κ3) is 4.87. The Morgan fingerprint density at radius 2 is 2.00 bits per heavy atom. The maximum atomic E-state index is 12.0. The van der Waals surface area contributed by atoms with Crippen molar-refractivity contribution in [1.82, 2.24) is 4.72 Å². The van der Waals surface area contributed by atoms with E-state index in [4.69, 9.17) is 22.7 Å². The lowest BCUT2D eigenvalue weighted by Crippen LogP contribution is -2.30. The van der Waals surface area contributed by atoms with Crippen LogP contribution in [-0.4, -0.2) is 33.7 Å². The van der Waals surface area contributed by atoms with E-state index < -0.39 is 10.0 Å².